The summed E-state index contributed by atoms with van der Waals surface area (Å²) in [6.07, 6.45) is 0. The van der Waals surface area contributed by atoms with Crippen molar-refractivity contribution in [1.82, 2.24) is 0 Å². The Bertz CT molecular complexity index is 780. The lowest BCUT2D eigenvalue weighted by Gasteiger charge is -2.11. The average molecular weight is 355 g/mol. The van der Waals surface area contributed by atoms with Crippen LogP contribution in [0.15, 0.2) is 51.8 Å². The number of rotatable bonds is 3. The first-order valence-corrected chi connectivity index (χ1v) is 7.69. The van der Waals surface area contributed by atoms with Gasteiger partial charge in [0.05, 0.1) is 11.3 Å². The highest BCUT2D eigenvalue weighted by Crippen LogP contribution is 2.28. The fraction of sp³-hybridized carbons (Fsp3) is 0. The lowest BCUT2D eigenvalue weighted by Crippen LogP contribution is -2.15. The molecule has 102 valence electrons. The van der Waals surface area contributed by atoms with Crippen LogP contribution in [0.25, 0.3) is 0 Å². The molecule has 2 aromatic rings. The van der Waals surface area contributed by atoms with Crippen molar-refractivity contribution in [3.8, 4) is 6.07 Å². The third-order valence-electron chi connectivity index (χ3n) is 2.50. The maximum atomic E-state index is 13.7. The molecule has 2 rings (SSSR count). The molecule has 0 spiro atoms. The molecule has 2 aromatic carbocycles. The molecular weight excluding hydrogens is 347 g/mol. The zero-order valence-corrected chi connectivity index (χ0v) is 12.4. The molecule has 0 saturated heterocycles. The van der Waals surface area contributed by atoms with Crippen molar-refractivity contribution >= 4 is 31.6 Å². The molecule has 0 amide bonds. The number of halogens is 2. The minimum Gasteiger partial charge on any atom is -0.275 e. The van der Waals surface area contributed by atoms with Gasteiger partial charge in [-0.1, -0.05) is 18.2 Å². The van der Waals surface area contributed by atoms with E-state index in [4.69, 9.17) is 5.26 Å². The van der Waals surface area contributed by atoms with E-state index >= 15 is 0 Å². The van der Waals surface area contributed by atoms with E-state index in [1.165, 1.54) is 30.3 Å². The van der Waals surface area contributed by atoms with Crippen molar-refractivity contribution in [2.45, 2.75) is 4.90 Å². The lowest BCUT2D eigenvalue weighted by atomic mass is 10.2. The van der Waals surface area contributed by atoms with Crippen LogP contribution in [0.3, 0.4) is 0 Å². The Morgan fingerprint density at radius 3 is 2.50 bits per heavy atom. The Hall–Kier alpha value is -1.91. The topological polar surface area (TPSA) is 70.0 Å². The SMILES string of the molecule is N#Cc1ccccc1S(=O)(=O)Nc1c(F)cccc1Br. The maximum absolute atomic E-state index is 13.7. The van der Waals surface area contributed by atoms with Crippen molar-refractivity contribution in [2.24, 2.45) is 0 Å². The van der Waals surface area contributed by atoms with Gasteiger partial charge in [-0.2, -0.15) is 5.26 Å². The van der Waals surface area contributed by atoms with Gasteiger partial charge in [-0.3, -0.25) is 4.72 Å². The Balaban J connectivity index is 2.50. The van der Waals surface area contributed by atoms with E-state index in [0.717, 1.165) is 6.07 Å². The van der Waals surface area contributed by atoms with Crippen LogP contribution in [0.1, 0.15) is 5.56 Å². The lowest BCUT2D eigenvalue weighted by molar-refractivity contribution is 0.598. The van der Waals surface area contributed by atoms with E-state index in [9.17, 15) is 12.8 Å². The van der Waals surface area contributed by atoms with E-state index in [0.29, 0.717) is 0 Å². The number of para-hydroxylation sites is 1. The Labute approximate surface area is 124 Å². The summed E-state index contributed by atoms with van der Waals surface area (Å²) in [6.45, 7) is 0. The summed E-state index contributed by atoms with van der Waals surface area (Å²) < 4.78 is 40.5. The number of sulfonamides is 1. The van der Waals surface area contributed by atoms with Crippen LogP contribution in [0.5, 0.6) is 0 Å². The summed E-state index contributed by atoms with van der Waals surface area (Å²) >= 11 is 3.08. The molecule has 0 bridgehead atoms. The fourth-order valence-corrected chi connectivity index (χ4v) is 3.40. The number of nitrogens with zero attached hydrogens (tertiary/aromatic N) is 1. The van der Waals surface area contributed by atoms with Gasteiger partial charge in [0.15, 0.2) is 0 Å². The number of anilines is 1. The van der Waals surface area contributed by atoms with Gasteiger partial charge in [-0.25, -0.2) is 12.8 Å². The largest absolute Gasteiger partial charge is 0.275 e. The second-order valence-electron chi connectivity index (χ2n) is 3.81. The van der Waals surface area contributed by atoms with Gasteiger partial charge in [-0.15, -0.1) is 0 Å². The summed E-state index contributed by atoms with van der Waals surface area (Å²) in [6, 6.07) is 11.6. The number of nitriles is 1. The van der Waals surface area contributed by atoms with E-state index < -0.39 is 15.8 Å². The summed E-state index contributed by atoms with van der Waals surface area (Å²) in [5.74, 6) is -0.711. The monoisotopic (exact) mass is 354 g/mol. The van der Waals surface area contributed by atoms with Gasteiger partial charge in [0.25, 0.3) is 10.0 Å². The molecule has 0 radical (unpaired) electrons. The third kappa shape index (κ3) is 2.81. The molecule has 0 aliphatic carbocycles. The summed E-state index contributed by atoms with van der Waals surface area (Å²) in [4.78, 5) is -0.197. The molecule has 0 unspecified atom stereocenters. The molecule has 1 N–H and O–H groups in total. The van der Waals surface area contributed by atoms with Crippen LogP contribution < -0.4 is 4.72 Å². The van der Waals surface area contributed by atoms with E-state index in [2.05, 4.69) is 20.7 Å². The molecule has 7 heteroatoms. The van der Waals surface area contributed by atoms with Crippen LogP contribution in [0, 0.1) is 17.1 Å². The molecule has 0 heterocycles. The van der Waals surface area contributed by atoms with Crippen molar-refractivity contribution in [3.05, 3.63) is 58.3 Å². The van der Waals surface area contributed by atoms with Crippen LogP contribution in [0.4, 0.5) is 10.1 Å². The predicted octanol–water partition coefficient (Wildman–Crippen LogP) is 3.26. The van der Waals surface area contributed by atoms with Crippen molar-refractivity contribution in [3.63, 3.8) is 0 Å². The first-order valence-electron chi connectivity index (χ1n) is 5.41. The highest BCUT2D eigenvalue weighted by atomic mass is 79.9. The first-order chi connectivity index (χ1) is 9.45. The minimum atomic E-state index is -4.04. The number of nitrogens with one attached hydrogen (secondary N) is 1. The smallest absolute Gasteiger partial charge is 0.263 e. The molecule has 0 aliphatic rings. The van der Waals surface area contributed by atoms with Crippen molar-refractivity contribution < 1.29 is 12.8 Å². The van der Waals surface area contributed by atoms with Gasteiger partial charge in [0.2, 0.25) is 0 Å². The van der Waals surface area contributed by atoms with Crippen LogP contribution >= 0.6 is 15.9 Å². The highest BCUT2D eigenvalue weighted by molar-refractivity contribution is 9.10. The van der Waals surface area contributed by atoms with Gasteiger partial charge >= 0.3 is 0 Å². The molecule has 4 nitrogen and oxygen atoms in total. The Morgan fingerprint density at radius 2 is 1.85 bits per heavy atom. The predicted molar refractivity (Wildman–Crippen MR) is 76.1 cm³/mol. The zero-order chi connectivity index (χ0) is 14.8. The molecular formula is C13H8BrFN2O2S. The third-order valence-corrected chi connectivity index (χ3v) is 4.56. The van der Waals surface area contributed by atoms with Crippen LogP contribution in [-0.4, -0.2) is 8.42 Å². The highest BCUT2D eigenvalue weighted by Gasteiger charge is 2.21. The molecule has 0 aliphatic heterocycles. The zero-order valence-electron chi connectivity index (χ0n) is 9.97. The van der Waals surface area contributed by atoms with E-state index in [1.54, 1.807) is 12.1 Å². The van der Waals surface area contributed by atoms with E-state index in [-0.39, 0.29) is 20.6 Å². The molecule has 20 heavy (non-hydrogen) atoms. The quantitative estimate of drug-likeness (QED) is 0.919. The Kier molecular flexibility index (Phi) is 4.06. The maximum Gasteiger partial charge on any atom is 0.263 e. The second kappa shape index (κ2) is 5.61. The molecule has 0 atom stereocenters. The number of hydrogen-bond donors (Lipinski definition) is 1. The van der Waals surface area contributed by atoms with Gasteiger partial charge < -0.3 is 0 Å². The van der Waals surface area contributed by atoms with Crippen molar-refractivity contribution in [2.75, 3.05) is 4.72 Å². The average Bonchev–Trinajstić information content (AvgIpc) is 2.43. The van der Waals surface area contributed by atoms with Crippen molar-refractivity contribution in [1.29, 1.82) is 5.26 Å². The number of hydrogen-bond acceptors (Lipinski definition) is 3. The van der Waals surface area contributed by atoms with Gasteiger partial charge in [0, 0.05) is 4.47 Å². The number of benzene rings is 2. The normalized spacial score (nSPS) is 10.8. The summed E-state index contributed by atoms with van der Waals surface area (Å²) in [5, 5.41) is 8.93. The summed E-state index contributed by atoms with van der Waals surface area (Å²) in [5.41, 5.74) is -0.201. The fourth-order valence-electron chi connectivity index (χ4n) is 1.58. The van der Waals surface area contributed by atoms with Crippen LogP contribution in [0.2, 0.25) is 0 Å². The van der Waals surface area contributed by atoms with Gasteiger partial charge in [-0.05, 0) is 40.2 Å². The molecule has 0 aromatic heterocycles. The molecule has 0 fully saturated rings. The minimum absolute atomic E-state index is 0.00698. The molecule has 0 saturated carbocycles. The summed E-state index contributed by atoms with van der Waals surface area (Å²) in [7, 11) is -4.04. The van der Waals surface area contributed by atoms with Gasteiger partial charge in [0.1, 0.15) is 16.8 Å². The standard InChI is InChI=1S/C13H8BrFN2O2S/c14-10-5-3-6-11(15)13(10)17-20(18,19)12-7-2-1-4-9(12)8-16/h1-7,17H. The second-order valence-corrected chi connectivity index (χ2v) is 6.32. The Morgan fingerprint density at radius 1 is 1.15 bits per heavy atom. The van der Waals surface area contributed by atoms with E-state index in [1.807, 2.05) is 0 Å². The van der Waals surface area contributed by atoms with Crippen LogP contribution in [-0.2, 0) is 10.0 Å². The first kappa shape index (κ1) is 14.5.